The van der Waals surface area contributed by atoms with E-state index in [0.717, 1.165) is 11.1 Å². The minimum Gasteiger partial charge on any atom is -0.445 e. The Morgan fingerprint density at radius 2 is 2.04 bits per heavy atom. The van der Waals surface area contributed by atoms with Crippen LogP contribution >= 0.6 is 0 Å². The standard InChI is InChI=1S/C20H19N3O3/c24-19-17-10-9-15(12-18(17)22-14-23-19)6-4-5-11-21-20(25)26-13-16-7-2-1-3-8-16/h1-4,6-10,12,14H,5,11,13H2,(H,21,25)(H,22,23,24). The summed E-state index contributed by atoms with van der Waals surface area (Å²) < 4.78 is 5.14. The van der Waals surface area contributed by atoms with Crippen molar-refractivity contribution in [2.75, 3.05) is 6.54 Å². The van der Waals surface area contributed by atoms with E-state index in [1.54, 1.807) is 6.07 Å². The van der Waals surface area contributed by atoms with Crippen molar-refractivity contribution in [3.8, 4) is 0 Å². The number of hydrogen-bond donors (Lipinski definition) is 2. The number of hydrogen-bond acceptors (Lipinski definition) is 4. The summed E-state index contributed by atoms with van der Waals surface area (Å²) in [5.74, 6) is 0. The minimum atomic E-state index is -0.434. The topological polar surface area (TPSA) is 84.1 Å². The maximum absolute atomic E-state index is 11.6. The Labute approximate surface area is 150 Å². The zero-order valence-electron chi connectivity index (χ0n) is 14.1. The van der Waals surface area contributed by atoms with Crippen LogP contribution in [0.5, 0.6) is 0 Å². The largest absolute Gasteiger partial charge is 0.445 e. The molecule has 3 rings (SSSR count). The molecule has 26 heavy (non-hydrogen) atoms. The monoisotopic (exact) mass is 349 g/mol. The summed E-state index contributed by atoms with van der Waals surface area (Å²) >= 11 is 0. The Morgan fingerprint density at radius 3 is 2.88 bits per heavy atom. The molecule has 1 heterocycles. The molecule has 0 spiro atoms. The number of aromatic nitrogens is 2. The Balaban J connectivity index is 1.43. The normalized spacial score (nSPS) is 10.9. The number of ether oxygens (including phenoxy) is 1. The molecule has 0 fully saturated rings. The second-order valence-corrected chi connectivity index (χ2v) is 5.69. The molecule has 0 saturated heterocycles. The lowest BCUT2D eigenvalue weighted by molar-refractivity contribution is 0.140. The van der Waals surface area contributed by atoms with Gasteiger partial charge in [-0.15, -0.1) is 0 Å². The number of amides is 1. The molecule has 132 valence electrons. The van der Waals surface area contributed by atoms with Crippen LogP contribution in [0.4, 0.5) is 4.79 Å². The second-order valence-electron chi connectivity index (χ2n) is 5.69. The highest BCUT2D eigenvalue weighted by Crippen LogP contribution is 2.11. The average molecular weight is 349 g/mol. The highest BCUT2D eigenvalue weighted by molar-refractivity contribution is 5.79. The predicted octanol–water partition coefficient (Wildman–Crippen LogP) is 3.25. The summed E-state index contributed by atoms with van der Waals surface area (Å²) in [6, 6.07) is 15.0. The number of nitrogens with one attached hydrogen (secondary N) is 2. The number of H-pyrrole nitrogens is 1. The number of fused-ring (bicyclic) bond motifs is 1. The molecule has 1 aromatic heterocycles. The van der Waals surface area contributed by atoms with Crippen LogP contribution in [0.25, 0.3) is 17.0 Å². The van der Waals surface area contributed by atoms with Crippen LogP contribution in [0.15, 0.2) is 65.7 Å². The number of carbonyl (C=O) groups is 1. The van der Waals surface area contributed by atoms with E-state index in [2.05, 4.69) is 15.3 Å². The van der Waals surface area contributed by atoms with Crippen LogP contribution in [0.2, 0.25) is 0 Å². The molecule has 0 atom stereocenters. The van der Waals surface area contributed by atoms with Crippen molar-refractivity contribution < 1.29 is 9.53 Å². The molecule has 6 nitrogen and oxygen atoms in total. The van der Waals surface area contributed by atoms with Crippen molar-refractivity contribution in [3.63, 3.8) is 0 Å². The number of alkyl carbamates (subject to hydrolysis) is 1. The zero-order chi connectivity index (χ0) is 18.2. The lowest BCUT2D eigenvalue weighted by atomic mass is 10.1. The molecule has 3 aromatic rings. The van der Waals surface area contributed by atoms with Gasteiger partial charge in [0.2, 0.25) is 0 Å². The number of carbonyl (C=O) groups excluding carboxylic acids is 1. The van der Waals surface area contributed by atoms with Crippen molar-refractivity contribution in [2.45, 2.75) is 13.0 Å². The van der Waals surface area contributed by atoms with Crippen LogP contribution in [0.1, 0.15) is 17.5 Å². The zero-order valence-corrected chi connectivity index (χ0v) is 14.1. The van der Waals surface area contributed by atoms with Gasteiger partial charge in [0.25, 0.3) is 5.56 Å². The van der Waals surface area contributed by atoms with Crippen LogP contribution in [0, 0.1) is 0 Å². The summed E-state index contributed by atoms with van der Waals surface area (Å²) in [7, 11) is 0. The molecule has 6 heteroatoms. The molecule has 2 aromatic carbocycles. The van der Waals surface area contributed by atoms with E-state index in [4.69, 9.17) is 4.74 Å². The summed E-state index contributed by atoms with van der Waals surface area (Å²) in [4.78, 5) is 30.0. The first kappa shape index (κ1) is 17.4. The lowest BCUT2D eigenvalue weighted by Crippen LogP contribution is -2.24. The second kappa shape index (κ2) is 8.62. The first-order valence-electron chi connectivity index (χ1n) is 8.31. The molecular formula is C20H19N3O3. The highest BCUT2D eigenvalue weighted by atomic mass is 16.5. The summed E-state index contributed by atoms with van der Waals surface area (Å²) in [6.07, 6.45) is 5.51. The molecule has 0 aliphatic rings. The van der Waals surface area contributed by atoms with Gasteiger partial charge in [0, 0.05) is 6.54 Å². The summed E-state index contributed by atoms with van der Waals surface area (Å²) in [5.41, 5.74) is 2.40. The van der Waals surface area contributed by atoms with Crippen molar-refractivity contribution in [1.29, 1.82) is 0 Å². The third kappa shape index (κ3) is 4.80. The summed E-state index contributed by atoms with van der Waals surface area (Å²) in [5, 5.41) is 3.27. The van der Waals surface area contributed by atoms with Crippen LogP contribution in [-0.4, -0.2) is 22.6 Å². The van der Waals surface area contributed by atoms with Crippen LogP contribution < -0.4 is 10.9 Å². The smallest absolute Gasteiger partial charge is 0.407 e. The van der Waals surface area contributed by atoms with Gasteiger partial charge >= 0.3 is 6.09 Å². The fraction of sp³-hybridized carbons (Fsp3) is 0.150. The van der Waals surface area contributed by atoms with Crippen molar-refractivity contribution >= 4 is 23.1 Å². The Hall–Kier alpha value is -3.41. The van der Waals surface area contributed by atoms with Gasteiger partial charge in [-0.25, -0.2) is 9.78 Å². The first-order chi connectivity index (χ1) is 12.7. The van der Waals surface area contributed by atoms with Gasteiger partial charge in [-0.1, -0.05) is 48.6 Å². The third-order valence-corrected chi connectivity index (χ3v) is 3.77. The molecule has 0 unspecified atom stereocenters. The average Bonchev–Trinajstić information content (AvgIpc) is 2.67. The maximum atomic E-state index is 11.6. The van der Waals surface area contributed by atoms with Crippen molar-refractivity contribution in [3.05, 3.63) is 82.4 Å². The molecule has 0 saturated carbocycles. The van der Waals surface area contributed by atoms with Gasteiger partial charge in [-0.05, 0) is 29.7 Å². The molecule has 0 aliphatic carbocycles. The van der Waals surface area contributed by atoms with Gasteiger partial charge in [0.05, 0.1) is 17.2 Å². The number of rotatable bonds is 6. The molecular weight excluding hydrogens is 330 g/mol. The first-order valence-corrected chi connectivity index (χ1v) is 8.31. The van der Waals surface area contributed by atoms with Crippen LogP contribution in [0.3, 0.4) is 0 Å². The fourth-order valence-electron chi connectivity index (χ4n) is 2.44. The van der Waals surface area contributed by atoms with Crippen molar-refractivity contribution in [2.24, 2.45) is 0 Å². The predicted molar refractivity (Wildman–Crippen MR) is 101 cm³/mol. The Kier molecular flexibility index (Phi) is 5.77. The van der Waals surface area contributed by atoms with Gasteiger partial charge in [0.1, 0.15) is 6.61 Å². The van der Waals surface area contributed by atoms with E-state index in [-0.39, 0.29) is 12.2 Å². The number of aromatic amines is 1. The van der Waals surface area contributed by atoms with E-state index in [1.165, 1.54) is 6.33 Å². The molecule has 0 radical (unpaired) electrons. The third-order valence-electron chi connectivity index (χ3n) is 3.77. The minimum absolute atomic E-state index is 0.149. The van der Waals surface area contributed by atoms with E-state index in [0.29, 0.717) is 23.9 Å². The van der Waals surface area contributed by atoms with Crippen molar-refractivity contribution in [1.82, 2.24) is 15.3 Å². The molecule has 1 amide bonds. The fourth-order valence-corrected chi connectivity index (χ4v) is 2.44. The van der Waals surface area contributed by atoms with E-state index in [9.17, 15) is 9.59 Å². The number of benzene rings is 2. The van der Waals surface area contributed by atoms with E-state index < -0.39 is 6.09 Å². The van der Waals surface area contributed by atoms with E-state index in [1.807, 2.05) is 54.6 Å². The molecule has 0 aliphatic heterocycles. The van der Waals surface area contributed by atoms with Gasteiger partial charge in [-0.3, -0.25) is 4.79 Å². The number of nitrogens with zero attached hydrogens (tertiary/aromatic N) is 1. The van der Waals surface area contributed by atoms with E-state index >= 15 is 0 Å². The van der Waals surface area contributed by atoms with Gasteiger partial charge < -0.3 is 15.0 Å². The van der Waals surface area contributed by atoms with Gasteiger partial charge in [0.15, 0.2) is 0 Å². The van der Waals surface area contributed by atoms with Gasteiger partial charge in [-0.2, -0.15) is 0 Å². The SMILES string of the molecule is O=C(NCCC=Cc1ccc2c(=O)[nH]cnc2c1)OCc1ccccc1. The maximum Gasteiger partial charge on any atom is 0.407 e. The van der Waals surface area contributed by atoms with Crippen LogP contribution in [-0.2, 0) is 11.3 Å². The molecule has 0 bridgehead atoms. The molecule has 2 N–H and O–H groups in total. The Morgan fingerprint density at radius 1 is 1.19 bits per heavy atom. The Bertz CT molecular complexity index is 965. The summed E-state index contributed by atoms with van der Waals surface area (Å²) in [6.45, 7) is 0.737. The lowest BCUT2D eigenvalue weighted by Gasteiger charge is -2.05. The highest BCUT2D eigenvalue weighted by Gasteiger charge is 2.01. The quantitative estimate of drug-likeness (QED) is 0.669.